The summed E-state index contributed by atoms with van der Waals surface area (Å²) >= 11 is 0. The number of hydrogen-bond acceptors (Lipinski definition) is 5. The molecule has 0 aliphatic heterocycles. The number of hydrogen-bond donors (Lipinski definition) is 0. The predicted molar refractivity (Wildman–Crippen MR) is 105 cm³/mol. The summed E-state index contributed by atoms with van der Waals surface area (Å²) in [5.41, 5.74) is 2.29. The number of ether oxygens (including phenoxy) is 1. The van der Waals surface area contributed by atoms with Crippen LogP contribution in [0.2, 0.25) is 0 Å². The van der Waals surface area contributed by atoms with Crippen LogP contribution in [0.15, 0.2) is 53.4 Å². The fourth-order valence-electron chi connectivity index (χ4n) is 3.57. The molecule has 0 N–H and O–H groups in total. The van der Waals surface area contributed by atoms with Crippen molar-refractivity contribution in [3.63, 3.8) is 0 Å². The van der Waals surface area contributed by atoms with Crippen molar-refractivity contribution in [3.8, 4) is 0 Å². The molecule has 0 unspecified atom stereocenters. The fraction of sp³-hybridized carbons (Fsp3) is 0.333. The Morgan fingerprint density at radius 2 is 1.79 bits per heavy atom. The molecule has 1 aliphatic carbocycles. The molecule has 2 aromatic rings. The van der Waals surface area contributed by atoms with Crippen LogP contribution in [0.4, 0.5) is 0 Å². The highest BCUT2D eigenvalue weighted by molar-refractivity contribution is 7.90. The second kappa shape index (κ2) is 8.14. The van der Waals surface area contributed by atoms with Crippen LogP contribution < -0.4 is 0 Å². The molecule has 0 saturated carbocycles. The van der Waals surface area contributed by atoms with Crippen molar-refractivity contribution in [2.24, 2.45) is 0 Å². The lowest BCUT2D eigenvalue weighted by molar-refractivity contribution is -0.135. The number of esters is 1. The normalized spacial score (nSPS) is 16.1. The molecule has 7 heteroatoms. The third-order valence-corrected chi connectivity index (χ3v) is 6.19. The topological polar surface area (TPSA) is 80.8 Å². The van der Waals surface area contributed by atoms with E-state index in [4.69, 9.17) is 4.74 Å². The standard InChI is InChI=1S/C21H23NO5S/c1-22(18-12-7-9-15-8-3-4-10-16(15)18)20(23)14-27-21(24)17-11-5-6-13-19(17)28(2,25)26/h3-6,8,10-11,13,18H,7,9,12,14H2,1-2H3/t18-/m1/s1. The summed E-state index contributed by atoms with van der Waals surface area (Å²) in [5.74, 6) is -1.15. The average Bonchev–Trinajstić information content (AvgIpc) is 2.70. The van der Waals surface area contributed by atoms with Crippen LogP contribution >= 0.6 is 0 Å². The van der Waals surface area contributed by atoms with E-state index in [1.807, 2.05) is 18.2 Å². The molecular formula is C21H23NO5S. The molecular weight excluding hydrogens is 378 g/mol. The van der Waals surface area contributed by atoms with E-state index in [9.17, 15) is 18.0 Å². The van der Waals surface area contributed by atoms with Gasteiger partial charge >= 0.3 is 5.97 Å². The van der Waals surface area contributed by atoms with E-state index in [1.165, 1.54) is 23.8 Å². The van der Waals surface area contributed by atoms with Crippen molar-refractivity contribution >= 4 is 21.7 Å². The average molecular weight is 401 g/mol. The van der Waals surface area contributed by atoms with Crippen LogP contribution in [0.5, 0.6) is 0 Å². The summed E-state index contributed by atoms with van der Waals surface area (Å²) in [6, 6.07) is 13.8. The molecule has 28 heavy (non-hydrogen) atoms. The van der Waals surface area contributed by atoms with Gasteiger partial charge in [0.2, 0.25) is 0 Å². The third-order valence-electron chi connectivity index (χ3n) is 5.03. The monoisotopic (exact) mass is 401 g/mol. The number of rotatable bonds is 5. The van der Waals surface area contributed by atoms with E-state index in [2.05, 4.69) is 6.07 Å². The summed E-state index contributed by atoms with van der Waals surface area (Å²) in [6.45, 7) is -0.438. The minimum atomic E-state index is -3.58. The van der Waals surface area contributed by atoms with Crippen molar-refractivity contribution in [1.82, 2.24) is 4.90 Å². The van der Waals surface area contributed by atoms with E-state index in [0.29, 0.717) is 0 Å². The van der Waals surface area contributed by atoms with Gasteiger partial charge in [-0.2, -0.15) is 0 Å². The maximum absolute atomic E-state index is 12.6. The lowest BCUT2D eigenvalue weighted by atomic mass is 9.87. The van der Waals surface area contributed by atoms with Gasteiger partial charge in [-0.1, -0.05) is 36.4 Å². The highest BCUT2D eigenvalue weighted by Crippen LogP contribution is 2.33. The zero-order valence-electron chi connectivity index (χ0n) is 15.9. The minimum absolute atomic E-state index is 0.0561. The van der Waals surface area contributed by atoms with Gasteiger partial charge in [0.05, 0.1) is 16.5 Å². The van der Waals surface area contributed by atoms with E-state index in [0.717, 1.165) is 31.1 Å². The van der Waals surface area contributed by atoms with Crippen LogP contribution in [0.25, 0.3) is 0 Å². The molecule has 0 fully saturated rings. The molecule has 2 aromatic carbocycles. The number of likely N-dealkylation sites (N-methyl/N-ethyl adjacent to an activating group) is 1. The van der Waals surface area contributed by atoms with Gasteiger partial charge in [0.15, 0.2) is 16.4 Å². The number of carbonyl (C=O) groups excluding carboxylic acids is 2. The van der Waals surface area contributed by atoms with Crippen molar-refractivity contribution in [3.05, 3.63) is 65.2 Å². The molecule has 6 nitrogen and oxygen atoms in total. The summed E-state index contributed by atoms with van der Waals surface area (Å²) < 4.78 is 28.8. The summed E-state index contributed by atoms with van der Waals surface area (Å²) in [4.78, 5) is 26.5. The molecule has 0 saturated heterocycles. The van der Waals surface area contributed by atoms with E-state index in [-0.39, 0.29) is 22.4 Å². The SMILES string of the molecule is CN(C(=O)COC(=O)c1ccccc1S(C)(=O)=O)[C@@H]1CCCc2ccccc21. The van der Waals surface area contributed by atoms with Gasteiger partial charge in [-0.15, -0.1) is 0 Å². The molecule has 0 heterocycles. The van der Waals surface area contributed by atoms with Gasteiger partial charge in [-0.05, 0) is 42.5 Å². The molecule has 148 valence electrons. The third kappa shape index (κ3) is 4.25. The number of sulfone groups is 1. The number of nitrogens with zero attached hydrogens (tertiary/aromatic N) is 1. The summed E-state index contributed by atoms with van der Waals surface area (Å²) in [7, 11) is -1.88. The Bertz CT molecular complexity index is 999. The Kier molecular flexibility index (Phi) is 5.84. The van der Waals surface area contributed by atoms with Crippen LogP contribution in [0, 0.1) is 0 Å². The lowest BCUT2D eigenvalue weighted by Crippen LogP contribution is -2.36. The first-order valence-corrected chi connectivity index (χ1v) is 11.0. The second-order valence-corrected chi connectivity index (χ2v) is 8.94. The molecule has 0 bridgehead atoms. The fourth-order valence-corrected chi connectivity index (χ4v) is 4.45. The van der Waals surface area contributed by atoms with Gasteiger partial charge < -0.3 is 9.64 Å². The largest absolute Gasteiger partial charge is 0.452 e. The Hall–Kier alpha value is -2.67. The van der Waals surface area contributed by atoms with Crippen LogP contribution in [-0.2, 0) is 25.8 Å². The first-order valence-electron chi connectivity index (χ1n) is 9.08. The maximum atomic E-state index is 12.6. The first-order chi connectivity index (χ1) is 13.3. The Morgan fingerprint density at radius 3 is 2.54 bits per heavy atom. The number of fused-ring (bicyclic) bond motifs is 1. The number of carbonyl (C=O) groups is 2. The molecule has 1 atom stereocenters. The Labute approximate surface area is 165 Å². The maximum Gasteiger partial charge on any atom is 0.339 e. The van der Waals surface area contributed by atoms with Gasteiger partial charge in [-0.25, -0.2) is 13.2 Å². The second-order valence-electron chi connectivity index (χ2n) is 6.96. The lowest BCUT2D eigenvalue weighted by Gasteiger charge is -2.33. The predicted octanol–water partition coefficient (Wildman–Crippen LogP) is 2.78. The first kappa shape index (κ1) is 20.1. The van der Waals surface area contributed by atoms with Gasteiger partial charge in [0.1, 0.15) is 0 Å². The van der Waals surface area contributed by atoms with Gasteiger partial charge in [0, 0.05) is 13.3 Å². The number of aryl methyl sites for hydroxylation is 1. The number of amides is 1. The molecule has 3 rings (SSSR count). The molecule has 0 aromatic heterocycles. The van der Waals surface area contributed by atoms with Crippen molar-refractivity contribution < 1.29 is 22.7 Å². The highest BCUT2D eigenvalue weighted by Gasteiger charge is 2.27. The highest BCUT2D eigenvalue weighted by atomic mass is 32.2. The zero-order chi connectivity index (χ0) is 20.3. The smallest absolute Gasteiger partial charge is 0.339 e. The van der Waals surface area contributed by atoms with Crippen molar-refractivity contribution in [2.75, 3.05) is 19.9 Å². The number of benzene rings is 2. The summed E-state index contributed by atoms with van der Waals surface area (Å²) in [5, 5.41) is 0. The quantitative estimate of drug-likeness (QED) is 0.720. The molecule has 0 radical (unpaired) electrons. The van der Waals surface area contributed by atoms with Gasteiger partial charge in [0.25, 0.3) is 5.91 Å². The zero-order valence-corrected chi connectivity index (χ0v) is 16.7. The van der Waals surface area contributed by atoms with Crippen LogP contribution in [0.1, 0.15) is 40.4 Å². The minimum Gasteiger partial charge on any atom is -0.452 e. The Balaban J connectivity index is 1.69. The van der Waals surface area contributed by atoms with Crippen molar-refractivity contribution in [2.45, 2.75) is 30.2 Å². The van der Waals surface area contributed by atoms with E-state index in [1.54, 1.807) is 18.0 Å². The van der Waals surface area contributed by atoms with Gasteiger partial charge in [-0.3, -0.25) is 4.79 Å². The Morgan fingerprint density at radius 1 is 1.11 bits per heavy atom. The summed E-state index contributed by atoms with van der Waals surface area (Å²) in [6.07, 6.45) is 3.86. The molecule has 0 spiro atoms. The van der Waals surface area contributed by atoms with Crippen LogP contribution in [0.3, 0.4) is 0 Å². The van der Waals surface area contributed by atoms with Crippen LogP contribution in [-0.4, -0.2) is 45.1 Å². The van der Waals surface area contributed by atoms with E-state index >= 15 is 0 Å². The van der Waals surface area contributed by atoms with Crippen molar-refractivity contribution in [1.29, 1.82) is 0 Å². The molecule has 1 aliphatic rings. The molecule has 1 amide bonds. The van der Waals surface area contributed by atoms with E-state index < -0.39 is 22.4 Å².